The number of hydrogen-bond acceptors (Lipinski definition) is 4. The highest BCUT2D eigenvalue weighted by Gasteiger charge is 2.25. The van der Waals surface area contributed by atoms with Gasteiger partial charge in [0.2, 0.25) is 0 Å². The quantitative estimate of drug-likeness (QED) is 0.706. The van der Waals surface area contributed by atoms with Crippen LogP contribution in [0, 0.1) is 12.7 Å². The van der Waals surface area contributed by atoms with Gasteiger partial charge in [-0.15, -0.1) is 0 Å². The van der Waals surface area contributed by atoms with Crippen molar-refractivity contribution in [3.05, 3.63) is 68.9 Å². The van der Waals surface area contributed by atoms with Gasteiger partial charge in [0.25, 0.3) is 17.4 Å². The van der Waals surface area contributed by atoms with Crippen LogP contribution in [0.5, 0.6) is 0 Å². The molecule has 1 heterocycles. The first-order chi connectivity index (χ1) is 13.8. The van der Waals surface area contributed by atoms with Gasteiger partial charge < -0.3 is 20.3 Å². The van der Waals surface area contributed by atoms with Crippen LogP contribution in [0.2, 0.25) is 0 Å². The molecule has 2 amide bonds. The molecule has 1 saturated carbocycles. The highest BCUT2D eigenvalue weighted by Crippen LogP contribution is 2.19. The predicted molar refractivity (Wildman–Crippen MR) is 108 cm³/mol. The number of carbonyl (C=O) groups excluding carboxylic acids is 2. The maximum Gasteiger partial charge on any atom is 0.263 e. The summed E-state index contributed by atoms with van der Waals surface area (Å²) in [4.78, 5) is 37.0. The highest BCUT2D eigenvalue weighted by molar-refractivity contribution is 5.99. The van der Waals surface area contributed by atoms with Crippen LogP contribution < -0.4 is 16.2 Å². The molecule has 0 saturated heterocycles. The Morgan fingerprint density at radius 2 is 1.93 bits per heavy atom. The summed E-state index contributed by atoms with van der Waals surface area (Å²) in [5, 5.41) is 12.8. The summed E-state index contributed by atoms with van der Waals surface area (Å²) in [6, 6.07) is 6.33. The van der Waals surface area contributed by atoms with E-state index in [2.05, 4.69) is 10.6 Å². The first-order valence-corrected chi connectivity index (χ1v) is 9.44. The van der Waals surface area contributed by atoms with Crippen LogP contribution >= 0.6 is 0 Å². The van der Waals surface area contributed by atoms with Crippen molar-refractivity contribution in [2.75, 3.05) is 13.7 Å². The second-order valence-electron chi connectivity index (χ2n) is 6.77. The van der Waals surface area contributed by atoms with Crippen molar-refractivity contribution in [1.82, 2.24) is 15.2 Å². The minimum absolute atomic E-state index is 0.0686. The zero-order valence-electron chi connectivity index (χ0n) is 16.8. The number of aliphatic hydroxyl groups excluding tert-OH is 1. The van der Waals surface area contributed by atoms with Crippen molar-refractivity contribution in [2.45, 2.75) is 39.3 Å². The van der Waals surface area contributed by atoms with E-state index >= 15 is 0 Å². The molecule has 1 aromatic carbocycles. The van der Waals surface area contributed by atoms with Crippen LogP contribution in [0.15, 0.2) is 35.3 Å². The van der Waals surface area contributed by atoms with Gasteiger partial charge in [0.15, 0.2) is 0 Å². The van der Waals surface area contributed by atoms with Gasteiger partial charge in [-0.3, -0.25) is 14.4 Å². The second-order valence-corrected chi connectivity index (χ2v) is 6.77. The highest BCUT2D eigenvalue weighted by atomic mass is 19.1. The number of benzene rings is 1. The fraction of sp³-hybridized carbons (Fsp3) is 0.381. The Morgan fingerprint density at radius 3 is 2.52 bits per heavy atom. The third kappa shape index (κ3) is 5.74. The number of pyridine rings is 1. The summed E-state index contributed by atoms with van der Waals surface area (Å²) < 4.78 is 15.5. The van der Waals surface area contributed by atoms with Crippen molar-refractivity contribution in [3.8, 4) is 0 Å². The number of aliphatic hydroxyl groups is 1. The van der Waals surface area contributed by atoms with Crippen molar-refractivity contribution in [3.63, 3.8) is 0 Å². The van der Waals surface area contributed by atoms with Crippen molar-refractivity contribution in [1.29, 1.82) is 0 Å². The minimum Gasteiger partial charge on any atom is -0.397 e. The number of nitrogens with one attached hydrogen (secondary N) is 2. The van der Waals surface area contributed by atoms with Crippen LogP contribution in [0.3, 0.4) is 0 Å². The number of carbonyl (C=O) groups is 2. The second kappa shape index (κ2) is 9.97. The molecule has 3 N–H and O–H groups in total. The lowest BCUT2D eigenvalue weighted by molar-refractivity contribution is 0.0950. The molecule has 3 rings (SSSR count). The van der Waals surface area contributed by atoms with Crippen molar-refractivity contribution >= 4 is 11.8 Å². The molecule has 1 aliphatic carbocycles. The molecule has 0 radical (unpaired) electrons. The van der Waals surface area contributed by atoms with Gasteiger partial charge in [0.05, 0.1) is 12.1 Å². The van der Waals surface area contributed by atoms with Gasteiger partial charge in [-0.25, -0.2) is 4.39 Å². The first kappa shape index (κ1) is 22.3. The topological polar surface area (TPSA) is 100 Å². The summed E-state index contributed by atoms with van der Waals surface area (Å²) in [6.45, 7) is 3.50. The zero-order valence-corrected chi connectivity index (χ0v) is 16.8. The van der Waals surface area contributed by atoms with Gasteiger partial charge >= 0.3 is 0 Å². The summed E-state index contributed by atoms with van der Waals surface area (Å²) in [7, 11) is 1.41. The number of halogens is 1. The molecule has 0 bridgehead atoms. The Morgan fingerprint density at radius 1 is 1.28 bits per heavy atom. The molecule has 156 valence electrons. The van der Waals surface area contributed by atoms with E-state index in [1.54, 1.807) is 32.0 Å². The largest absolute Gasteiger partial charge is 0.397 e. The lowest BCUT2D eigenvalue weighted by Gasteiger charge is -2.13. The molecule has 8 heteroatoms. The SMILES string of the molecule is CCO.CNC(=O)c1cc(C(=O)NC2CC2)cn(Cc2cccc(C)c2F)c1=O. The molecule has 0 unspecified atom stereocenters. The van der Waals surface area contributed by atoms with Crippen LogP contribution in [0.1, 0.15) is 51.6 Å². The molecule has 0 spiro atoms. The van der Waals surface area contributed by atoms with Crippen LogP contribution in [-0.2, 0) is 6.54 Å². The predicted octanol–water partition coefficient (Wildman–Crippen LogP) is 1.59. The summed E-state index contributed by atoms with van der Waals surface area (Å²) in [6.07, 6.45) is 3.21. The molecule has 1 aliphatic rings. The first-order valence-electron chi connectivity index (χ1n) is 9.44. The van der Waals surface area contributed by atoms with E-state index in [4.69, 9.17) is 5.11 Å². The maximum absolute atomic E-state index is 14.3. The molecule has 1 fully saturated rings. The number of nitrogens with zero attached hydrogens (tertiary/aromatic N) is 1. The van der Waals surface area contributed by atoms with Crippen LogP contribution in [0.4, 0.5) is 4.39 Å². The summed E-state index contributed by atoms with van der Waals surface area (Å²) in [5.41, 5.74) is 0.250. The lowest BCUT2D eigenvalue weighted by Crippen LogP contribution is -2.34. The maximum atomic E-state index is 14.3. The van der Waals surface area contributed by atoms with E-state index in [1.165, 1.54) is 23.9 Å². The molecule has 7 nitrogen and oxygen atoms in total. The number of amides is 2. The van der Waals surface area contributed by atoms with E-state index in [-0.39, 0.29) is 36.2 Å². The van der Waals surface area contributed by atoms with Gasteiger partial charge in [-0.1, -0.05) is 18.2 Å². The zero-order chi connectivity index (χ0) is 21.6. The fourth-order valence-corrected chi connectivity index (χ4v) is 2.68. The van der Waals surface area contributed by atoms with E-state index in [0.717, 1.165) is 12.8 Å². The van der Waals surface area contributed by atoms with Crippen LogP contribution in [-0.4, -0.2) is 41.2 Å². The molecular weight excluding hydrogens is 377 g/mol. The number of aryl methyl sites for hydroxylation is 1. The molecule has 0 atom stereocenters. The molecular formula is C21H26FN3O4. The third-order valence-electron chi connectivity index (χ3n) is 4.34. The van der Waals surface area contributed by atoms with E-state index in [9.17, 15) is 18.8 Å². The Kier molecular flexibility index (Phi) is 7.67. The normalized spacial score (nSPS) is 12.6. The molecule has 2 aromatic rings. The van der Waals surface area contributed by atoms with Gasteiger partial charge in [0, 0.05) is 31.5 Å². The smallest absolute Gasteiger partial charge is 0.263 e. The minimum atomic E-state index is -0.588. The summed E-state index contributed by atoms with van der Waals surface area (Å²) in [5.74, 6) is -1.35. The third-order valence-corrected chi connectivity index (χ3v) is 4.34. The van der Waals surface area contributed by atoms with Gasteiger partial charge in [-0.2, -0.15) is 0 Å². The Labute approximate surface area is 168 Å². The lowest BCUT2D eigenvalue weighted by atomic mass is 10.1. The van der Waals surface area contributed by atoms with E-state index in [0.29, 0.717) is 11.1 Å². The standard InChI is InChI=1S/C19H20FN3O3.C2H6O/c1-11-4-3-5-12(16(11)20)9-23-10-13(17(24)22-14-6-7-14)8-15(19(23)26)18(25)21-2;1-2-3/h3-5,8,10,14H,6-7,9H2,1-2H3,(H,21,25)(H,22,24);3H,2H2,1H3. The number of aromatic nitrogens is 1. The van der Waals surface area contributed by atoms with E-state index in [1.807, 2.05) is 0 Å². The van der Waals surface area contributed by atoms with Crippen molar-refractivity contribution in [2.24, 2.45) is 0 Å². The average Bonchev–Trinajstić information content (AvgIpc) is 3.50. The molecule has 29 heavy (non-hydrogen) atoms. The number of hydrogen-bond donors (Lipinski definition) is 3. The van der Waals surface area contributed by atoms with Crippen molar-refractivity contribution < 1.29 is 19.1 Å². The Balaban J connectivity index is 0.000000941. The average molecular weight is 403 g/mol. The monoisotopic (exact) mass is 403 g/mol. The van der Waals surface area contributed by atoms with E-state index < -0.39 is 17.3 Å². The summed E-state index contributed by atoms with van der Waals surface area (Å²) >= 11 is 0. The Bertz CT molecular complexity index is 951. The fourth-order valence-electron chi connectivity index (χ4n) is 2.68. The van der Waals surface area contributed by atoms with Crippen LogP contribution in [0.25, 0.3) is 0 Å². The molecule has 1 aromatic heterocycles. The van der Waals surface area contributed by atoms with Gasteiger partial charge in [0.1, 0.15) is 11.4 Å². The van der Waals surface area contributed by atoms with Gasteiger partial charge in [-0.05, 0) is 38.3 Å². The Hall–Kier alpha value is -3.00. The molecule has 0 aliphatic heterocycles. The number of rotatable bonds is 5.